The summed E-state index contributed by atoms with van der Waals surface area (Å²) in [6.07, 6.45) is 1.43. The molecule has 0 bridgehead atoms. The summed E-state index contributed by atoms with van der Waals surface area (Å²) >= 11 is 0. The average molecular weight is 342 g/mol. The van der Waals surface area contributed by atoms with E-state index < -0.39 is 0 Å². The Labute approximate surface area is 148 Å². The molecule has 1 aliphatic rings. The van der Waals surface area contributed by atoms with Crippen molar-refractivity contribution in [3.05, 3.63) is 40.8 Å². The highest BCUT2D eigenvalue weighted by atomic mass is 16.5. The number of aromatic nitrogens is 3. The van der Waals surface area contributed by atoms with Crippen molar-refractivity contribution in [1.82, 2.24) is 19.7 Å². The van der Waals surface area contributed by atoms with Crippen LogP contribution in [0.5, 0.6) is 5.88 Å². The number of fused-ring (bicyclic) bond motifs is 1. The third-order valence-electron chi connectivity index (χ3n) is 4.48. The molecule has 3 rings (SSSR count). The van der Waals surface area contributed by atoms with Gasteiger partial charge in [-0.25, -0.2) is 4.98 Å². The van der Waals surface area contributed by atoms with Gasteiger partial charge < -0.3 is 9.64 Å². The molecule has 6 nitrogen and oxygen atoms in total. The third kappa shape index (κ3) is 4.00. The lowest BCUT2D eigenvalue weighted by Crippen LogP contribution is -2.37. The summed E-state index contributed by atoms with van der Waals surface area (Å²) in [5, 5.41) is 4.61. The minimum atomic E-state index is 0.219. The fourth-order valence-corrected chi connectivity index (χ4v) is 3.22. The molecule has 2 aromatic heterocycles. The predicted octanol–water partition coefficient (Wildman–Crippen LogP) is 2.63. The molecule has 0 aliphatic carbocycles. The molecule has 0 aromatic carbocycles. The van der Waals surface area contributed by atoms with Crippen LogP contribution in [-0.2, 0) is 31.4 Å². The van der Waals surface area contributed by atoms with Gasteiger partial charge in [0, 0.05) is 56.0 Å². The maximum Gasteiger partial charge on any atom is 0.223 e. The molecule has 0 unspecified atom stereocenters. The number of hydrogen-bond donors (Lipinski definition) is 0. The van der Waals surface area contributed by atoms with E-state index in [0.29, 0.717) is 31.4 Å². The van der Waals surface area contributed by atoms with Crippen molar-refractivity contribution in [3.63, 3.8) is 0 Å². The van der Waals surface area contributed by atoms with E-state index in [1.807, 2.05) is 41.8 Å². The van der Waals surface area contributed by atoms with Crippen LogP contribution in [0, 0.1) is 12.8 Å². The average Bonchev–Trinajstić information content (AvgIpc) is 2.88. The fourth-order valence-electron chi connectivity index (χ4n) is 3.22. The Morgan fingerprint density at radius 2 is 2.16 bits per heavy atom. The van der Waals surface area contributed by atoms with E-state index in [4.69, 9.17) is 4.74 Å². The lowest BCUT2D eigenvalue weighted by atomic mass is 10.0. The van der Waals surface area contributed by atoms with Gasteiger partial charge in [0.25, 0.3) is 0 Å². The Kier molecular flexibility index (Phi) is 5.06. The molecule has 0 radical (unpaired) electrons. The van der Waals surface area contributed by atoms with Crippen LogP contribution in [-0.4, -0.2) is 32.1 Å². The van der Waals surface area contributed by atoms with Crippen molar-refractivity contribution < 1.29 is 9.53 Å². The highest BCUT2D eigenvalue weighted by Gasteiger charge is 2.27. The van der Waals surface area contributed by atoms with Crippen LogP contribution >= 0.6 is 0 Å². The summed E-state index contributed by atoms with van der Waals surface area (Å²) in [4.78, 5) is 18.7. The molecule has 0 spiro atoms. The van der Waals surface area contributed by atoms with Gasteiger partial charge in [-0.1, -0.05) is 19.9 Å². The van der Waals surface area contributed by atoms with Gasteiger partial charge in [0.1, 0.15) is 12.3 Å². The minimum Gasteiger partial charge on any atom is -0.471 e. The summed E-state index contributed by atoms with van der Waals surface area (Å²) in [6, 6.07) is 5.71. The number of aryl methyl sites for hydroxylation is 2. The Morgan fingerprint density at radius 3 is 2.88 bits per heavy atom. The predicted molar refractivity (Wildman–Crippen MR) is 95.1 cm³/mol. The van der Waals surface area contributed by atoms with Gasteiger partial charge >= 0.3 is 0 Å². The number of amides is 1. The SMILES string of the molecule is Cc1cccc(OCc2nn(C)c3c2CN(C(=O)CC(C)C)CC3)n1. The van der Waals surface area contributed by atoms with Gasteiger partial charge in [-0.15, -0.1) is 0 Å². The first kappa shape index (κ1) is 17.5. The molecule has 0 atom stereocenters. The molecular formula is C19H26N4O2. The Hall–Kier alpha value is -2.37. The maximum atomic E-state index is 12.4. The first-order valence-electron chi connectivity index (χ1n) is 8.82. The topological polar surface area (TPSA) is 60.2 Å². The molecule has 1 aliphatic heterocycles. The summed E-state index contributed by atoms with van der Waals surface area (Å²) < 4.78 is 7.74. The smallest absolute Gasteiger partial charge is 0.223 e. The second-order valence-electron chi connectivity index (χ2n) is 7.06. The fraction of sp³-hybridized carbons (Fsp3) is 0.526. The summed E-state index contributed by atoms with van der Waals surface area (Å²) in [5.74, 6) is 1.19. The second-order valence-corrected chi connectivity index (χ2v) is 7.06. The molecule has 0 saturated heterocycles. The lowest BCUT2D eigenvalue weighted by molar-refractivity contribution is -0.132. The molecule has 25 heavy (non-hydrogen) atoms. The van der Waals surface area contributed by atoms with Crippen LogP contribution < -0.4 is 4.74 Å². The van der Waals surface area contributed by atoms with Gasteiger partial charge in [-0.3, -0.25) is 9.48 Å². The van der Waals surface area contributed by atoms with Crippen LogP contribution in [0.2, 0.25) is 0 Å². The molecule has 0 saturated carbocycles. The van der Waals surface area contributed by atoms with E-state index >= 15 is 0 Å². The Bertz CT molecular complexity index is 767. The molecule has 2 aromatic rings. The van der Waals surface area contributed by atoms with Crippen LogP contribution in [0.15, 0.2) is 18.2 Å². The highest BCUT2D eigenvalue weighted by molar-refractivity contribution is 5.76. The molecule has 6 heteroatoms. The normalized spacial score (nSPS) is 13.9. The summed E-state index contributed by atoms with van der Waals surface area (Å²) in [7, 11) is 1.96. The van der Waals surface area contributed by atoms with Gasteiger partial charge in [0.2, 0.25) is 11.8 Å². The number of rotatable bonds is 5. The lowest BCUT2D eigenvalue weighted by Gasteiger charge is -2.28. The summed E-state index contributed by atoms with van der Waals surface area (Å²) in [5.41, 5.74) is 4.14. The zero-order valence-corrected chi connectivity index (χ0v) is 15.5. The number of carbonyl (C=O) groups excluding carboxylic acids is 1. The van der Waals surface area contributed by atoms with Crippen molar-refractivity contribution in [1.29, 1.82) is 0 Å². The van der Waals surface area contributed by atoms with Gasteiger partial charge in [-0.2, -0.15) is 5.10 Å². The van der Waals surface area contributed by atoms with Crippen LogP contribution in [0.3, 0.4) is 0 Å². The van der Waals surface area contributed by atoms with Gasteiger partial charge in [-0.05, 0) is 18.9 Å². The van der Waals surface area contributed by atoms with Crippen LogP contribution in [0.4, 0.5) is 0 Å². The molecule has 0 N–H and O–H groups in total. The van der Waals surface area contributed by atoms with E-state index in [1.54, 1.807) is 0 Å². The first-order valence-corrected chi connectivity index (χ1v) is 8.82. The van der Waals surface area contributed by atoms with E-state index in [9.17, 15) is 4.79 Å². The number of ether oxygens (including phenoxy) is 1. The van der Waals surface area contributed by atoms with E-state index in [0.717, 1.165) is 29.9 Å². The maximum absolute atomic E-state index is 12.4. The van der Waals surface area contributed by atoms with E-state index in [2.05, 4.69) is 23.9 Å². The number of nitrogens with zero attached hydrogens (tertiary/aromatic N) is 4. The molecule has 0 fully saturated rings. The highest BCUT2D eigenvalue weighted by Crippen LogP contribution is 2.24. The van der Waals surface area contributed by atoms with Gasteiger partial charge in [0.15, 0.2) is 0 Å². The number of hydrogen-bond acceptors (Lipinski definition) is 4. The van der Waals surface area contributed by atoms with E-state index in [1.165, 1.54) is 5.69 Å². The van der Waals surface area contributed by atoms with Crippen molar-refractivity contribution in [3.8, 4) is 5.88 Å². The molecule has 134 valence electrons. The Morgan fingerprint density at radius 1 is 1.36 bits per heavy atom. The van der Waals surface area contributed by atoms with Crippen LogP contribution in [0.1, 0.15) is 42.9 Å². The van der Waals surface area contributed by atoms with Crippen molar-refractivity contribution >= 4 is 5.91 Å². The van der Waals surface area contributed by atoms with Crippen LogP contribution in [0.25, 0.3) is 0 Å². The van der Waals surface area contributed by atoms with Crippen molar-refractivity contribution in [2.24, 2.45) is 13.0 Å². The number of pyridine rings is 1. The first-order chi connectivity index (χ1) is 11.9. The summed E-state index contributed by atoms with van der Waals surface area (Å²) in [6.45, 7) is 7.84. The van der Waals surface area contributed by atoms with Crippen molar-refractivity contribution in [2.45, 2.75) is 46.8 Å². The van der Waals surface area contributed by atoms with Crippen molar-refractivity contribution in [2.75, 3.05) is 6.54 Å². The monoisotopic (exact) mass is 342 g/mol. The quantitative estimate of drug-likeness (QED) is 0.838. The van der Waals surface area contributed by atoms with Gasteiger partial charge in [0.05, 0.1) is 0 Å². The molecular weight excluding hydrogens is 316 g/mol. The zero-order chi connectivity index (χ0) is 18.0. The molecule has 1 amide bonds. The third-order valence-corrected chi connectivity index (χ3v) is 4.48. The standard InChI is InChI=1S/C19H26N4O2/c1-13(2)10-19(24)23-9-8-17-15(11-23)16(21-22(17)4)12-25-18-7-5-6-14(3)20-18/h5-7,13H,8-12H2,1-4H3. The Balaban J connectivity index is 1.74. The minimum absolute atomic E-state index is 0.219. The number of carbonyl (C=O) groups is 1. The van der Waals surface area contributed by atoms with E-state index in [-0.39, 0.29) is 5.91 Å². The zero-order valence-electron chi connectivity index (χ0n) is 15.5. The molecule has 3 heterocycles. The second kappa shape index (κ2) is 7.25. The largest absolute Gasteiger partial charge is 0.471 e.